The summed E-state index contributed by atoms with van der Waals surface area (Å²) in [6.07, 6.45) is 2.85. The lowest BCUT2D eigenvalue weighted by Gasteiger charge is -2.23. The number of esters is 1. The van der Waals surface area contributed by atoms with Crippen molar-refractivity contribution in [2.24, 2.45) is 0 Å². The van der Waals surface area contributed by atoms with E-state index >= 15 is 0 Å². The summed E-state index contributed by atoms with van der Waals surface area (Å²) in [5.41, 5.74) is 4.42. The van der Waals surface area contributed by atoms with Crippen LogP contribution < -0.4 is 10.6 Å². The number of nitrogens with one attached hydrogen (secondary N) is 2. The minimum atomic E-state index is -0.384. The molecule has 3 aromatic carbocycles. The molecule has 210 valence electrons. The molecule has 0 saturated heterocycles. The van der Waals surface area contributed by atoms with E-state index in [2.05, 4.69) is 34.9 Å². The molecule has 8 heteroatoms. The highest BCUT2D eigenvalue weighted by molar-refractivity contribution is 8.00. The first-order chi connectivity index (χ1) is 20.0. The van der Waals surface area contributed by atoms with E-state index in [1.807, 2.05) is 60.7 Å². The van der Waals surface area contributed by atoms with Crippen molar-refractivity contribution < 1.29 is 19.1 Å². The number of thiophene rings is 1. The SMILES string of the molecule is CCOC(=O)c1c(NC(=O)CSc2cccc(NC(=O)Cc3ccccc3)c2)sc2c1CCC(c1ccccc1)C2. The Kier molecular flexibility index (Phi) is 9.54. The minimum Gasteiger partial charge on any atom is -0.462 e. The van der Waals surface area contributed by atoms with Crippen molar-refractivity contribution in [1.82, 2.24) is 0 Å². The number of amides is 2. The molecule has 0 spiro atoms. The maximum Gasteiger partial charge on any atom is 0.341 e. The van der Waals surface area contributed by atoms with Crippen LogP contribution in [0.15, 0.2) is 89.8 Å². The highest BCUT2D eigenvalue weighted by Gasteiger charge is 2.30. The van der Waals surface area contributed by atoms with Gasteiger partial charge in [-0.05, 0) is 67.0 Å². The molecular formula is C33H32N2O4S2. The number of fused-ring (bicyclic) bond motifs is 1. The van der Waals surface area contributed by atoms with Gasteiger partial charge in [0.2, 0.25) is 11.8 Å². The quantitative estimate of drug-likeness (QED) is 0.153. The topological polar surface area (TPSA) is 84.5 Å². The highest BCUT2D eigenvalue weighted by Crippen LogP contribution is 2.43. The van der Waals surface area contributed by atoms with Gasteiger partial charge in [0.15, 0.2) is 0 Å². The predicted octanol–water partition coefficient (Wildman–Crippen LogP) is 7.11. The molecule has 1 aliphatic rings. The van der Waals surface area contributed by atoms with E-state index in [1.165, 1.54) is 28.7 Å². The number of thioether (sulfide) groups is 1. The molecule has 0 saturated carbocycles. The molecule has 2 amide bonds. The summed E-state index contributed by atoms with van der Waals surface area (Å²) in [4.78, 5) is 40.4. The summed E-state index contributed by atoms with van der Waals surface area (Å²) in [5, 5.41) is 6.49. The van der Waals surface area contributed by atoms with Gasteiger partial charge < -0.3 is 15.4 Å². The van der Waals surface area contributed by atoms with Crippen LogP contribution >= 0.6 is 23.1 Å². The number of rotatable bonds is 10. The van der Waals surface area contributed by atoms with Crippen LogP contribution in [0.5, 0.6) is 0 Å². The Morgan fingerprint density at radius 1 is 0.927 bits per heavy atom. The van der Waals surface area contributed by atoms with Crippen molar-refractivity contribution in [2.75, 3.05) is 23.0 Å². The van der Waals surface area contributed by atoms with E-state index in [0.717, 1.165) is 40.2 Å². The normalized spacial score (nSPS) is 14.1. The molecule has 1 aromatic heterocycles. The zero-order valence-corrected chi connectivity index (χ0v) is 24.5. The van der Waals surface area contributed by atoms with Crippen LogP contribution in [0.25, 0.3) is 0 Å². The third kappa shape index (κ3) is 7.45. The van der Waals surface area contributed by atoms with Gasteiger partial charge in [-0.3, -0.25) is 9.59 Å². The van der Waals surface area contributed by atoms with Crippen LogP contribution in [0.4, 0.5) is 10.7 Å². The van der Waals surface area contributed by atoms with Gasteiger partial charge in [0.1, 0.15) is 5.00 Å². The van der Waals surface area contributed by atoms with Gasteiger partial charge in [-0.2, -0.15) is 0 Å². The first-order valence-electron chi connectivity index (χ1n) is 13.7. The van der Waals surface area contributed by atoms with Crippen LogP contribution in [-0.4, -0.2) is 30.1 Å². The fraction of sp³-hybridized carbons (Fsp3) is 0.242. The Hall–Kier alpha value is -3.88. The van der Waals surface area contributed by atoms with Crippen molar-refractivity contribution in [3.05, 3.63) is 112 Å². The predicted molar refractivity (Wildman–Crippen MR) is 166 cm³/mol. The van der Waals surface area contributed by atoms with E-state index in [4.69, 9.17) is 4.74 Å². The molecule has 0 radical (unpaired) electrons. The monoisotopic (exact) mass is 584 g/mol. The van der Waals surface area contributed by atoms with Crippen molar-refractivity contribution >= 4 is 51.6 Å². The van der Waals surface area contributed by atoms with E-state index in [9.17, 15) is 14.4 Å². The Balaban J connectivity index is 1.23. The maximum absolute atomic E-state index is 13.0. The number of benzene rings is 3. The Labute approximate surface area is 248 Å². The first kappa shape index (κ1) is 28.6. The molecule has 1 unspecified atom stereocenters. The van der Waals surface area contributed by atoms with E-state index in [-0.39, 0.29) is 30.1 Å². The third-order valence-electron chi connectivity index (χ3n) is 6.96. The molecule has 0 fully saturated rings. The number of hydrogen-bond acceptors (Lipinski definition) is 6. The molecule has 0 aliphatic heterocycles. The summed E-state index contributed by atoms with van der Waals surface area (Å²) in [6.45, 7) is 2.06. The van der Waals surface area contributed by atoms with Gasteiger partial charge in [0, 0.05) is 15.5 Å². The Morgan fingerprint density at radius 2 is 1.68 bits per heavy atom. The molecular weight excluding hydrogens is 553 g/mol. The zero-order valence-electron chi connectivity index (χ0n) is 22.9. The molecule has 1 heterocycles. The van der Waals surface area contributed by atoms with Crippen molar-refractivity contribution in [3.63, 3.8) is 0 Å². The van der Waals surface area contributed by atoms with E-state index in [0.29, 0.717) is 28.6 Å². The van der Waals surface area contributed by atoms with Gasteiger partial charge in [0.25, 0.3) is 0 Å². The van der Waals surface area contributed by atoms with Crippen LogP contribution in [0.2, 0.25) is 0 Å². The average molecular weight is 585 g/mol. The van der Waals surface area contributed by atoms with Crippen LogP contribution in [-0.2, 0) is 33.6 Å². The highest BCUT2D eigenvalue weighted by atomic mass is 32.2. The smallest absolute Gasteiger partial charge is 0.341 e. The lowest BCUT2D eigenvalue weighted by Crippen LogP contribution is -2.18. The lowest BCUT2D eigenvalue weighted by molar-refractivity contribution is -0.115. The molecule has 4 aromatic rings. The van der Waals surface area contributed by atoms with E-state index in [1.54, 1.807) is 6.92 Å². The maximum atomic E-state index is 13.0. The minimum absolute atomic E-state index is 0.0984. The lowest BCUT2D eigenvalue weighted by atomic mass is 9.83. The largest absolute Gasteiger partial charge is 0.462 e. The molecule has 5 rings (SSSR count). The molecule has 41 heavy (non-hydrogen) atoms. The van der Waals surface area contributed by atoms with E-state index < -0.39 is 0 Å². The Morgan fingerprint density at radius 3 is 2.44 bits per heavy atom. The molecule has 1 aliphatic carbocycles. The summed E-state index contributed by atoms with van der Waals surface area (Å²) in [7, 11) is 0. The summed E-state index contributed by atoms with van der Waals surface area (Å²) in [6, 6.07) is 27.5. The Bertz CT molecular complexity index is 1520. The number of carbonyl (C=O) groups is 3. The van der Waals surface area contributed by atoms with Gasteiger partial charge in [-0.1, -0.05) is 66.7 Å². The second-order valence-corrected chi connectivity index (χ2v) is 12.0. The zero-order chi connectivity index (χ0) is 28.6. The molecule has 2 N–H and O–H groups in total. The van der Waals surface area contributed by atoms with Crippen LogP contribution in [0.1, 0.15) is 51.2 Å². The summed E-state index contributed by atoms with van der Waals surface area (Å²) < 4.78 is 5.37. The fourth-order valence-corrected chi connectivity index (χ4v) is 7.15. The summed E-state index contributed by atoms with van der Waals surface area (Å²) in [5.74, 6) is -0.128. The number of hydrogen-bond donors (Lipinski definition) is 2. The van der Waals surface area contributed by atoms with Crippen LogP contribution in [0.3, 0.4) is 0 Å². The number of ether oxygens (including phenoxy) is 1. The number of carbonyl (C=O) groups excluding carboxylic acids is 3. The second-order valence-electron chi connectivity index (χ2n) is 9.85. The standard InChI is InChI=1S/C33H32N2O4S2/c1-2-39-33(38)31-27-17-16-24(23-12-7-4-8-13-23)19-28(27)41-32(31)35-30(37)21-40-26-15-9-14-25(20-26)34-29(36)18-22-10-5-3-6-11-22/h3-15,20,24H,2,16-19,21H2,1H3,(H,34,36)(H,35,37). The molecule has 0 bridgehead atoms. The first-order valence-corrected chi connectivity index (χ1v) is 15.5. The molecule has 1 atom stereocenters. The van der Waals surface area contributed by atoms with Gasteiger partial charge in [-0.25, -0.2) is 4.79 Å². The van der Waals surface area contributed by atoms with Gasteiger partial charge in [0.05, 0.1) is 24.3 Å². The second kappa shape index (κ2) is 13.7. The fourth-order valence-electron chi connectivity index (χ4n) is 5.06. The average Bonchev–Trinajstić information content (AvgIpc) is 3.34. The van der Waals surface area contributed by atoms with Crippen molar-refractivity contribution in [2.45, 2.75) is 43.4 Å². The van der Waals surface area contributed by atoms with Crippen molar-refractivity contribution in [1.29, 1.82) is 0 Å². The third-order valence-corrected chi connectivity index (χ3v) is 9.13. The summed E-state index contributed by atoms with van der Waals surface area (Å²) >= 11 is 2.86. The van der Waals surface area contributed by atoms with Crippen molar-refractivity contribution in [3.8, 4) is 0 Å². The van der Waals surface area contributed by atoms with Gasteiger partial charge in [-0.15, -0.1) is 23.1 Å². The van der Waals surface area contributed by atoms with Gasteiger partial charge >= 0.3 is 5.97 Å². The molecule has 6 nitrogen and oxygen atoms in total. The van der Waals surface area contributed by atoms with Crippen LogP contribution in [0, 0.1) is 0 Å². The number of anilines is 2.